The first-order chi connectivity index (χ1) is 9.30. The lowest BCUT2D eigenvalue weighted by atomic mass is 9.86. The Bertz CT molecular complexity index is 657. The van der Waals surface area contributed by atoms with E-state index in [2.05, 4.69) is 15.4 Å². The molecular weight excluding hydrogens is 260 g/mol. The molecule has 0 aromatic carbocycles. The molecule has 2 aromatic rings. The molecular formula is C13H16N4O3. The summed E-state index contributed by atoms with van der Waals surface area (Å²) >= 11 is 0. The normalized spacial score (nSPS) is 13.2. The average Bonchev–Trinajstić information content (AvgIpc) is 2.77. The lowest BCUT2D eigenvalue weighted by molar-refractivity contribution is -0.142. The van der Waals surface area contributed by atoms with Crippen LogP contribution in [0.4, 0.5) is 0 Å². The second-order valence-corrected chi connectivity index (χ2v) is 5.58. The van der Waals surface area contributed by atoms with E-state index in [4.69, 9.17) is 0 Å². The summed E-state index contributed by atoms with van der Waals surface area (Å²) in [6.45, 7) is 5.26. The molecule has 2 aromatic heterocycles. The maximum Gasteiger partial charge on any atom is 0.326 e. The molecule has 20 heavy (non-hydrogen) atoms. The van der Waals surface area contributed by atoms with Crippen molar-refractivity contribution in [1.29, 1.82) is 0 Å². The van der Waals surface area contributed by atoms with Crippen LogP contribution in [0.1, 0.15) is 31.1 Å². The fourth-order valence-corrected chi connectivity index (χ4v) is 1.87. The first-order valence-electron chi connectivity index (χ1n) is 6.11. The Labute approximate surface area is 115 Å². The number of nitrogens with one attached hydrogen (secondary N) is 1. The Morgan fingerprint density at radius 2 is 2.05 bits per heavy atom. The quantitative estimate of drug-likeness (QED) is 0.870. The van der Waals surface area contributed by atoms with Gasteiger partial charge >= 0.3 is 5.97 Å². The Hall–Kier alpha value is -2.44. The molecule has 7 nitrogen and oxygen atoms in total. The molecule has 0 fully saturated rings. The lowest BCUT2D eigenvalue weighted by Gasteiger charge is -2.27. The molecule has 0 saturated carbocycles. The molecule has 0 saturated heterocycles. The van der Waals surface area contributed by atoms with Gasteiger partial charge in [0, 0.05) is 12.4 Å². The van der Waals surface area contributed by atoms with E-state index in [0.29, 0.717) is 11.1 Å². The first kappa shape index (κ1) is 14.0. The lowest BCUT2D eigenvalue weighted by Crippen LogP contribution is -2.49. The highest BCUT2D eigenvalue weighted by Gasteiger charge is 2.33. The van der Waals surface area contributed by atoms with E-state index in [9.17, 15) is 14.7 Å². The number of aliphatic carboxylic acids is 1. The predicted molar refractivity (Wildman–Crippen MR) is 71.3 cm³/mol. The molecule has 0 aliphatic heterocycles. The van der Waals surface area contributed by atoms with Crippen molar-refractivity contribution in [3.05, 3.63) is 30.4 Å². The summed E-state index contributed by atoms with van der Waals surface area (Å²) in [4.78, 5) is 27.4. The summed E-state index contributed by atoms with van der Waals surface area (Å²) in [5.74, 6) is -1.55. The van der Waals surface area contributed by atoms with E-state index < -0.39 is 23.3 Å². The molecule has 1 amide bonds. The van der Waals surface area contributed by atoms with Gasteiger partial charge in [-0.1, -0.05) is 20.8 Å². The number of carbonyl (C=O) groups excluding carboxylic acids is 1. The van der Waals surface area contributed by atoms with E-state index in [1.54, 1.807) is 33.2 Å². The first-order valence-corrected chi connectivity index (χ1v) is 6.11. The molecule has 0 spiro atoms. The van der Waals surface area contributed by atoms with Gasteiger partial charge in [0.1, 0.15) is 6.04 Å². The number of carboxylic acid groups (broad SMARTS) is 1. The van der Waals surface area contributed by atoms with Crippen LogP contribution in [-0.2, 0) is 4.79 Å². The number of fused-ring (bicyclic) bond motifs is 1. The van der Waals surface area contributed by atoms with Crippen LogP contribution >= 0.6 is 0 Å². The van der Waals surface area contributed by atoms with Crippen LogP contribution in [0.25, 0.3) is 5.52 Å². The van der Waals surface area contributed by atoms with E-state index >= 15 is 0 Å². The zero-order valence-corrected chi connectivity index (χ0v) is 11.5. The molecule has 0 aliphatic carbocycles. The third kappa shape index (κ3) is 2.61. The number of rotatable bonds is 3. The van der Waals surface area contributed by atoms with Crippen molar-refractivity contribution >= 4 is 17.4 Å². The predicted octanol–water partition coefficient (Wildman–Crippen LogP) is 0.958. The summed E-state index contributed by atoms with van der Waals surface area (Å²) < 4.78 is 1.51. The second-order valence-electron chi connectivity index (χ2n) is 5.58. The van der Waals surface area contributed by atoms with Crippen molar-refractivity contribution in [2.24, 2.45) is 5.41 Å². The zero-order valence-electron chi connectivity index (χ0n) is 11.5. The van der Waals surface area contributed by atoms with Crippen LogP contribution in [0.2, 0.25) is 0 Å². The summed E-state index contributed by atoms with van der Waals surface area (Å²) in [5, 5.41) is 15.8. The van der Waals surface area contributed by atoms with Crippen molar-refractivity contribution in [3.63, 3.8) is 0 Å². The van der Waals surface area contributed by atoms with Gasteiger partial charge in [-0.05, 0) is 5.41 Å². The zero-order chi connectivity index (χ0) is 14.9. The number of carbonyl (C=O) groups is 2. The second kappa shape index (κ2) is 4.92. The van der Waals surface area contributed by atoms with Crippen LogP contribution in [0.5, 0.6) is 0 Å². The Kier molecular flexibility index (Phi) is 3.44. The molecule has 0 aliphatic rings. The van der Waals surface area contributed by atoms with Crippen LogP contribution < -0.4 is 5.32 Å². The number of nitrogens with zero attached hydrogens (tertiary/aromatic N) is 3. The number of amides is 1. The van der Waals surface area contributed by atoms with Gasteiger partial charge in [-0.25, -0.2) is 9.31 Å². The topological polar surface area (TPSA) is 96.6 Å². The third-order valence-electron chi connectivity index (χ3n) is 2.96. The van der Waals surface area contributed by atoms with Crippen molar-refractivity contribution in [2.45, 2.75) is 26.8 Å². The van der Waals surface area contributed by atoms with Crippen molar-refractivity contribution in [1.82, 2.24) is 19.9 Å². The monoisotopic (exact) mass is 276 g/mol. The van der Waals surface area contributed by atoms with Crippen molar-refractivity contribution < 1.29 is 14.7 Å². The molecule has 0 radical (unpaired) electrons. The fourth-order valence-electron chi connectivity index (χ4n) is 1.87. The van der Waals surface area contributed by atoms with E-state index in [1.165, 1.54) is 16.9 Å². The van der Waals surface area contributed by atoms with Crippen LogP contribution in [-0.4, -0.2) is 37.6 Å². The summed E-state index contributed by atoms with van der Waals surface area (Å²) in [6, 6.07) is -0.985. The minimum atomic E-state index is -1.07. The Morgan fingerprint density at radius 3 is 2.65 bits per heavy atom. The minimum absolute atomic E-state index is 0.300. The average molecular weight is 276 g/mol. The van der Waals surface area contributed by atoms with Crippen LogP contribution in [0.3, 0.4) is 0 Å². The molecule has 2 rings (SSSR count). The van der Waals surface area contributed by atoms with E-state index in [-0.39, 0.29) is 0 Å². The standard InChI is InChI=1S/C13H16N4O3/c1-13(2,3)10(12(19)20)16-11(18)8-6-15-17-5-4-14-7-9(8)17/h4-7,10H,1-3H3,(H,16,18)(H,19,20)/t10-/m1/s1. The third-order valence-corrected chi connectivity index (χ3v) is 2.96. The van der Waals surface area contributed by atoms with Gasteiger partial charge in [-0.2, -0.15) is 5.10 Å². The van der Waals surface area contributed by atoms with E-state index in [0.717, 1.165) is 0 Å². The summed E-state index contributed by atoms with van der Waals surface area (Å²) in [6.07, 6.45) is 6.07. The van der Waals surface area contributed by atoms with E-state index in [1.807, 2.05) is 0 Å². The molecule has 2 heterocycles. The van der Waals surface area contributed by atoms with Crippen LogP contribution in [0.15, 0.2) is 24.8 Å². The van der Waals surface area contributed by atoms with Gasteiger partial charge in [0.15, 0.2) is 0 Å². The number of carboxylic acids is 1. The van der Waals surface area contributed by atoms with Crippen LogP contribution in [0, 0.1) is 5.41 Å². The number of aromatic nitrogens is 3. The summed E-state index contributed by atoms with van der Waals surface area (Å²) in [7, 11) is 0. The smallest absolute Gasteiger partial charge is 0.326 e. The highest BCUT2D eigenvalue weighted by molar-refractivity contribution is 6.02. The minimum Gasteiger partial charge on any atom is -0.480 e. The van der Waals surface area contributed by atoms with Crippen molar-refractivity contribution in [3.8, 4) is 0 Å². The van der Waals surface area contributed by atoms with Gasteiger partial charge in [-0.3, -0.25) is 9.78 Å². The molecule has 106 valence electrons. The maximum absolute atomic E-state index is 12.2. The largest absolute Gasteiger partial charge is 0.480 e. The number of hydrogen-bond acceptors (Lipinski definition) is 4. The Balaban J connectivity index is 2.30. The SMILES string of the molecule is CC(C)(C)[C@H](NC(=O)c1cnn2ccncc12)C(=O)O. The van der Waals surface area contributed by atoms with Gasteiger partial charge in [-0.15, -0.1) is 0 Å². The maximum atomic E-state index is 12.2. The van der Waals surface area contributed by atoms with Gasteiger partial charge in [0.2, 0.25) is 0 Å². The fraction of sp³-hybridized carbons (Fsp3) is 0.385. The molecule has 0 unspecified atom stereocenters. The summed E-state index contributed by atoms with van der Waals surface area (Å²) in [5.41, 5.74) is 0.236. The van der Waals surface area contributed by atoms with Crippen molar-refractivity contribution in [2.75, 3.05) is 0 Å². The molecule has 0 bridgehead atoms. The van der Waals surface area contributed by atoms with Gasteiger partial charge < -0.3 is 10.4 Å². The van der Waals surface area contributed by atoms with Gasteiger partial charge in [0.05, 0.1) is 23.5 Å². The highest BCUT2D eigenvalue weighted by atomic mass is 16.4. The molecule has 2 N–H and O–H groups in total. The molecule has 7 heteroatoms. The number of hydrogen-bond donors (Lipinski definition) is 2. The molecule has 1 atom stereocenters. The Morgan fingerprint density at radius 1 is 1.35 bits per heavy atom. The highest BCUT2D eigenvalue weighted by Crippen LogP contribution is 2.20. The van der Waals surface area contributed by atoms with Gasteiger partial charge in [0.25, 0.3) is 5.91 Å².